The molecular formula is C10H7BrClFN2O. The Kier molecular flexibility index (Phi) is 3.25. The van der Waals surface area contributed by atoms with Crippen LogP contribution in [0.1, 0.15) is 18.1 Å². The van der Waals surface area contributed by atoms with Crippen molar-refractivity contribution < 1.29 is 8.91 Å². The second-order valence-electron chi connectivity index (χ2n) is 3.20. The Balaban J connectivity index is 2.46. The first kappa shape index (κ1) is 11.5. The fourth-order valence-electron chi connectivity index (χ4n) is 1.17. The summed E-state index contributed by atoms with van der Waals surface area (Å²) in [5.74, 6) is 0.263. The molecule has 0 N–H and O–H groups in total. The van der Waals surface area contributed by atoms with Crippen LogP contribution in [-0.4, -0.2) is 10.1 Å². The van der Waals surface area contributed by atoms with Gasteiger partial charge in [-0.05, 0) is 41.1 Å². The summed E-state index contributed by atoms with van der Waals surface area (Å²) in [5.41, 5.74) is 0.510. The van der Waals surface area contributed by atoms with Crippen LogP contribution in [-0.2, 0) is 0 Å². The minimum absolute atomic E-state index is 0.244. The maximum atomic E-state index is 13.1. The second kappa shape index (κ2) is 4.51. The highest BCUT2D eigenvalue weighted by molar-refractivity contribution is 9.10. The molecule has 1 heterocycles. The summed E-state index contributed by atoms with van der Waals surface area (Å²) in [5, 5.41) is 3.36. The SMILES string of the molecule is CC(Cl)c1noc(-c2cc(F)ccc2Br)n1. The Bertz CT molecular complexity index is 515. The van der Waals surface area contributed by atoms with Crippen LogP contribution >= 0.6 is 27.5 Å². The molecule has 0 bridgehead atoms. The molecule has 0 spiro atoms. The molecule has 16 heavy (non-hydrogen) atoms. The highest BCUT2D eigenvalue weighted by Crippen LogP contribution is 2.29. The van der Waals surface area contributed by atoms with Crippen molar-refractivity contribution in [3.05, 3.63) is 34.3 Å². The first-order valence-corrected chi connectivity index (χ1v) is 5.74. The van der Waals surface area contributed by atoms with Crippen LogP contribution < -0.4 is 0 Å². The Morgan fingerprint density at radius 3 is 2.88 bits per heavy atom. The molecule has 0 fully saturated rings. The number of benzene rings is 1. The zero-order valence-corrected chi connectivity index (χ0v) is 10.6. The van der Waals surface area contributed by atoms with Gasteiger partial charge in [-0.1, -0.05) is 5.16 Å². The van der Waals surface area contributed by atoms with E-state index >= 15 is 0 Å². The Morgan fingerprint density at radius 2 is 2.25 bits per heavy atom. The van der Waals surface area contributed by atoms with Crippen LogP contribution in [0.15, 0.2) is 27.2 Å². The number of hydrogen-bond donors (Lipinski definition) is 0. The van der Waals surface area contributed by atoms with Gasteiger partial charge >= 0.3 is 0 Å². The van der Waals surface area contributed by atoms with Crippen molar-refractivity contribution in [2.75, 3.05) is 0 Å². The van der Waals surface area contributed by atoms with E-state index in [1.807, 2.05) is 0 Å². The fourth-order valence-corrected chi connectivity index (χ4v) is 1.67. The Hall–Kier alpha value is -0.940. The molecule has 0 amide bonds. The zero-order valence-electron chi connectivity index (χ0n) is 8.25. The van der Waals surface area contributed by atoms with Gasteiger partial charge in [0.05, 0.1) is 10.9 Å². The maximum absolute atomic E-state index is 13.1. The van der Waals surface area contributed by atoms with Gasteiger partial charge in [-0.3, -0.25) is 0 Å². The third-order valence-electron chi connectivity index (χ3n) is 1.96. The van der Waals surface area contributed by atoms with Crippen molar-refractivity contribution in [2.24, 2.45) is 0 Å². The van der Waals surface area contributed by atoms with Gasteiger partial charge in [-0.2, -0.15) is 4.98 Å². The number of aromatic nitrogens is 2. The maximum Gasteiger partial charge on any atom is 0.259 e. The van der Waals surface area contributed by atoms with Crippen LogP contribution in [0, 0.1) is 5.82 Å². The number of halogens is 3. The topological polar surface area (TPSA) is 38.9 Å². The molecular weight excluding hydrogens is 298 g/mol. The zero-order chi connectivity index (χ0) is 11.7. The summed E-state index contributed by atoms with van der Waals surface area (Å²) in [4.78, 5) is 4.08. The minimum Gasteiger partial charge on any atom is -0.334 e. The summed E-state index contributed by atoms with van der Waals surface area (Å²) < 4.78 is 18.8. The summed E-state index contributed by atoms with van der Waals surface area (Å²) >= 11 is 9.09. The van der Waals surface area contributed by atoms with E-state index in [0.717, 1.165) is 0 Å². The van der Waals surface area contributed by atoms with E-state index in [1.54, 1.807) is 13.0 Å². The molecule has 1 atom stereocenters. The van der Waals surface area contributed by atoms with Crippen molar-refractivity contribution in [1.82, 2.24) is 10.1 Å². The van der Waals surface area contributed by atoms with Crippen LogP contribution in [0.25, 0.3) is 11.5 Å². The van der Waals surface area contributed by atoms with Crippen molar-refractivity contribution in [2.45, 2.75) is 12.3 Å². The molecule has 3 nitrogen and oxygen atoms in total. The molecule has 1 aromatic carbocycles. The van der Waals surface area contributed by atoms with E-state index in [4.69, 9.17) is 16.1 Å². The molecule has 1 unspecified atom stereocenters. The summed E-state index contributed by atoms with van der Waals surface area (Å²) in [6.07, 6.45) is 0. The highest BCUT2D eigenvalue weighted by atomic mass is 79.9. The van der Waals surface area contributed by atoms with E-state index in [-0.39, 0.29) is 17.1 Å². The summed E-state index contributed by atoms with van der Waals surface area (Å²) in [7, 11) is 0. The van der Waals surface area contributed by atoms with Crippen molar-refractivity contribution >= 4 is 27.5 Å². The Labute approximate surface area is 105 Å². The summed E-state index contributed by atoms with van der Waals surface area (Å²) in [6, 6.07) is 4.24. The molecule has 0 aliphatic rings. The van der Waals surface area contributed by atoms with Gasteiger partial charge in [-0.15, -0.1) is 11.6 Å². The Morgan fingerprint density at radius 1 is 1.50 bits per heavy atom. The van der Waals surface area contributed by atoms with E-state index < -0.39 is 0 Å². The van der Waals surface area contributed by atoms with Crippen molar-refractivity contribution in [3.8, 4) is 11.5 Å². The molecule has 2 rings (SSSR count). The van der Waals surface area contributed by atoms with Crippen LogP contribution in [0.5, 0.6) is 0 Å². The average molecular weight is 306 g/mol. The van der Waals surface area contributed by atoms with E-state index in [9.17, 15) is 4.39 Å². The first-order valence-electron chi connectivity index (χ1n) is 4.51. The molecule has 0 radical (unpaired) electrons. The van der Waals surface area contributed by atoms with Gasteiger partial charge in [0, 0.05) is 4.47 Å². The monoisotopic (exact) mass is 304 g/mol. The molecule has 0 aliphatic heterocycles. The third kappa shape index (κ3) is 2.25. The molecule has 0 aliphatic carbocycles. The van der Waals surface area contributed by atoms with Crippen molar-refractivity contribution in [3.63, 3.8) is 0 Å². The molecule has 84 valence electrons. The average Bonchev–Trinajstić information content (AvgIpc) is 2.70. The lowest BCUT2D eigenvalue weighted by Crippen LogP contribution is -1.87. The highest BCUT2D eigenvalue weighted by Gasteiger charge is 2.15. The second-order valence-corrected chi connectivity index (χ2v) is 4.71. The van der Waals surface area contributed by atoms with Gasteiger partial charge < -0.3 is 4.52 Å². The number of hydrogen-bond acceptors (Lipinski definition) is 3. The smallest absolute Gasteiger partial charge is 0.259 e. The van der Waals surface area contributed by atoms with Crippen molar-refractivity contribution in [1.29, 1.82) is 0 Å². The number of alkyl halides is 1. The predicted molar refractivity (Wildman–Crippen MR) is 61.7 cm³/mol. The molecule has 0 saturated carbocycles. The summed E-state index contributed by atoms with van der Waals surface area (Å²) in [6.45, 7) is 1.73. The van der Waals surface area contributed by atoms with E-state index in [1.165, 1.54) is 12.1 Å². The molecule has 2 aromatic rings. The van der Waals surface area contributed by atoms with Crippen LogP contribution in [0.2, 0.25) is 0 Å². The minimum atomic E-state index is -0.364. The third-order valence-corrected chi connectivity index (χ3v) is 2.84. The fraction of sp³-hybridized carbons (Fsp3) is 0.200. The van der Waals surface area contributed by atoms with Crippen LogP contribution in [0.3, 0.4) is 0 Å². The van der Waals surface area contributed by atoms with Gasteiger partial charge in [0.2, 0.25) is 0 Å². The number of rotatable bonds is 2. The lowest BCUT2D eigenvalue weighted by atomic mass is 10.2. The normalized spacial score (nSPS) is 12.8. The first-order chi connectivity index (χ1) is 7.58. The van der Waals surface area contributed by atoms with Gasteiger partial charge in [-0.25, -0.2) is 4.39 Å². The van der Waals surface area contributed by atoms with E-state index in [0.29, 0.717) is 15.9 Å². The molecule has 1 aromatic heterocycles. The predicted octanol–water partition coefficient (Wildman–Crippen LogP) is 3.94. The standard InChI is InChI=1S/C10H7BrClFN2O/c1-5(12)9-14-10(16-15-9)7-4-6(13)2-3-8(7)11/h2-5H,1H3. The van der Waals surface area contributed by atoms with Gasteiger partial charge in [0.15, 0.2) is 5.82 Å². The van der Waals surface area contributed by atoms with Gasteiger partial charge in [0.25, 0.3) is 5.89 Å². The largest absolute Gasteiger partial charge is 0.334 e. The quantitative estimate of drug-likeness (QED) is 0.789. The van der Waals surface area contributed by atoms with E-state index in [2.05, 4.69) is 26.1 Å². The molecule has 0 saturated heterocycles. The van der Waals surface area contributed by atoms with Gasteiger partial charge in [0.1, 0.15) is 5.82 Å². The molecule has 6 heteroatoms. The van der Waals surface area contributed by atoms with Crippen LogP contribution in [0.4, 0.5) is 4.39 Å². The number of nitrogens with zero attached hydrogens (tertiary/aromatic N) is 2. The lowest BCUT2D eigenvalue weighted by molar-refractivity contribution is 0.422. The lowest BCUT2D eigenvalue weighted by Gasteiger charge is -1.98.